The van der Waals surface area contributed by atoms with Crippen molar-refractivity contribution in [2.45, 2.75) is 6.92 Å². The molecular weight excluding hydrogens is 268 g/mol. The SMILES string of the molecule is CC(=NNc1ccccc1)C(=O)O.NNc1ccccc1. The average molecular weight is 286 g/mol. The van der Waals surface area contributed by atoms with Crippen LogP contribution in [-0.2, 0) is 4.79 Å². The highest BCUT2D eigenvalue weighted by molar-refractivity contribution is 6.34. The Morgan fingerprint density at radius 1 is 1.00 bits per heavy atom. The average Bonchev–Trinajstić information content (AvgIpc) is 2.55. The summed E-state index contributed by atoms with van der Waals surface area (Å²) in [5.41, 5.74) is 6.90. The molecule has 0 atom stereocenters. The number of carboxylic acids is 1. The summed E-state index contributed by atoms with van der Waals surface area (Å²) in [6.07, 6.45) is 0. The first-order chi connectivity index (χ1) is 10.1. The molecule has 0 amide bonds. The lowest BCUT2D eigenvalue weighted by Crippen LogP contribution is -2.10. The molecule has 0 spiro atoms. The minimum Gasteiger partial charge on any atom is -0.477 e. The van der Waals surface area contributed by atoms with Crippen molar-refractivity contribution < 1.29 is 9.90 Å². The van der Waals surface area contributed by atoms with Crippen molar-refractivity contribution in [3.05, 3.63) is 60.7 Å². The number of benzene rings is 2. The van der Waals surface area contributed by atoms with Gasteiger partial charge in [0.1, 0.15) is 5.71 Å². The molecule has 2 aromatic carbocycles. The van der Waals surface area contributed by atoms with Crippen LogP contribution in [0.15, 0.2) is 65.8 Å². The van der Waals surface area contributed by atoms with Gasteiger partial charge in [-0.1, -0.05) is 36.4 Å². The third-order valence-corrected chi connectivity index (χ3v) is 2.38. The molecule has 0 saturated carbocycles. The molecule has 2 rings (SSSR count). The molecule has 21 heavy (non-hydrogen) atoms. The summed E-state index contributed by atoms with van der Waals surface area (Å²) in [5, 5.41) is 12.2. The van der Waals surface area contributed by atoms with E-state index in [0.29, 0.717) is 0 Å². The monoisotopic (exact) mass is 286 g/mol. The molecule has 0 aliphatic rings. The lowest BCUT2D eigenvalue weighted by molar-refractivity contribution is -0.129. The summed E-state index contributed by atoms with van der Waals surface area (Å²) >= 11 is 0. The van der Waals surface area contributed by atoms with Gasteiger partial charge >= 0.3 is 5.97 Å². The fourth-order valence-corrected chi connectivity index (χ4v) is 1.24. The number of rotatable bonds is 4. The van der Waals surface area contributed by atoms with Gasteiger partial charge in [-0.05, 0) is 31.2 Å². The number of hydrogen-bond donors (Lipinski definition) is 4. The predicted molar refractivity (Wildman–Crippen MR) is 85.1 cm³/mol. The van der Waals surface area contributed by atoms with Crippen LogP contribution < -0.4 is 16.7 Å². The van der Waals surface area contributed by atoms with E-state index in [2.05, 4.69) is 16.0 Å². The standard InChI is InChI=1S/C9H10N2O2.C6H8N2/c1-7(9(12)13)10-11-8-5-3-2-4-6-8;7-8-6-4-2-1-3-5-6/h2-6,11H,1H3,(H,12,13);1-5,8H,7H2. The topological polar surface area (TPSA) is 99.7 Å². The summed E-state index contributed by atoms with van der Waals surface area (Å²) in [6.45, 7) is 1.43. The van der Waals surface area contributed by atoms with Gasteiger partial charge in [0.2, 0.25) is 0 Å². The number of anilines is 2. The van der Waals surface area contributed by atoms with Gasteiger partial charge in [-0.25, -0.2) is 4.79 Å². The zero-order valence-corrected chi connectivity index (χ0v) is 11.7. The largest absolute Gasteiger partial charge is 0.477 e. The fourth-order valence-electron chi connectivity index (χ4n) is 1.24. The molecule has 0 saturated heterocycles. The molecule has 0 bridgehead atoms. The maximum Gasteiger partial charge on any atom is 0.351 e. The van der Waals surface area contributed by atoms with E-state index in [9.17, 15) is 4.79 Å². The molecule has 0 fully saturated rings. The number of hydrazine groups is 1. The Labute approximate surface area is 123 Å². The van der Waals surface area contributed by atoms with Crippen LogP contribution in [0.25, 0.3) is 0 Å². The summed E-state index contributed by atoms with van der Waals surface area (Å²) < 4.78 is 0. The molecule has 0 aliphatic heterocycles. The Morgan fingerprint density at radius 2 is 1.48 bits per heavy atom. The minimum absolute atomic E-state index is 0.0313. The van der Waals surface area contributed by atoms with Crippen LogP contribution in [0.3, 0.4) is 0 Å². The highest BCUT2D eigenvalue weighted by atomic mass is 16.4. The second-order valence-electron chi connectivity index (χ2n) is 3.99. The molecule has 0 aromatic heterocycles. The maximum atomic E-state index is 10.3. The number of hydrazone groups is 1. The molecule has 6 heteroatoms. The second-order valence-corrected chi connectivity index (χ2v) is 3.99. The van der Waals surface area contributed by atoms with Crippen LogP contribution in [0.5, 0.6) is 0 Å². The van der Waals surface area contributed by atoms with E-state index in [1.165, 1.54) is 6.92 Å². The number of nitrogens with one attached hydrogen (secondary N) is 2. The number of para-hydroxylation sites is 2. The van der Waals surface area contributed by atoms with E-state index in [1.54, 1.807) is 12.1 Å². The van der Waals surface area contributed by atoms with Crippen molar-refractivity contribution in [2.75, 3.05) is 10.9 Å². The van der Waals surface area contributed by atoms with Crippen LogP contribution >= 0.6 is 0 Å². The van der Waals surface area contributed by atoms with E-state index in [0.717, 1.165) is 11.4 Å². The van der Waals surface area contributed by atoms with Gasteiger partial charge in [0.25, 0.3) is 0 Å². The predicted octanol–water partition coefficient (Wildman–Crippen LogP) is 2.53. The molecule has 2 aromatic rings. The van der Waals surface area contributed by atoms with E-state index in [4.69, 9.17) is 10.9 Å². The van der Waals surface area contributed by atoms with Crippen LogP contribution in [-0.4, -0.2) is 16.8 Å². The molecule has 0 aliphatic carbocycles. The Morgan fingerprint density at radius 3 is 1.86 bits per heavy atom. The van der Waals surface area contributed by atoms with Crippen LogP contribution in [0, 0.1) is 0 Å². The Balaban J connectivity index is 0.000000235. The zero-order chi connectivity index (χ0) is 15.5. The summed E-state index contributed by atoms with van der Waals surface area (Å²) in [5.74, 6) is 4.08. The van der Waals surface area contributed by atoms with Crippen molar-refractivity contribution in [1.82, 2.24) is 0 Å². The van der Waals surface area contributed by atoms with E-state index >= 15 is 0 Å². The molecule has 6 nitrogen and oxygen atoms in total. The fraction of sp³-hybridized carbons (Fsp3) is 0.0667. The van der Waals surface area contributed by atoms with E-state index in [1.807, 2.05) is 48.5 Å². The first kappa shape index (κ1) is 16.2. The van der Waals surface area contributed by atoms with Crippen molar-refractivity contribution >= 4 is 23.1 Å². The quantitative estimate of drug-likeness (QED) is 0.393. The van der Waals surface area contributed by atoms with Crippen molar-refractivity contribution in [1.29, 1.82) is 0 Å². The van der Waals surface area contributed by atoms with Gasteiger partial charge in [0.05, 0.1) is 5.69 Å². The normalized spacial score (nSPS) is 10.1. The zero-order valence-electron chi connectivity index (χ0n) is 11.7. The second kappa shape index (κ2) is 9.11. The highest BCUT2D eigenvalue weighted by Crippen LogP contribution is 2.04. The minimum atomic E-state index is -1.02. The van der Waals surface area contributed by atoms with Crippen LogP contribution in [0.1, 0.15) is 6.92 Å². The third kappa shape index (κ3) is 6.74. The molecule has 0 heterocycles. The number of carbonyl (C=O) groups is 1. The lowest BCUT2D eigenvalue weighted by atomic mass is 10.3. The van der Waals surface area contributed by atoms with Gasteiger partial charge < -0.3 is 10.5 Å². The van der Waals surface area contributed by atoms with Gasteiger partial charge in [0, 0.05) is 5.69 Å². The number of nitrogen functional groups attached to an aromatic ring is 1. The molecule has 0 radical (unpaired) electrons. The van der Waals surface area contributed by atoms with Crippen molar-refractivity contribution in [3.8, 4) is 0 Å². The first-order valence-corrected chi connectivity index (χ1v) is 6.23. The van der Waals surface area contributed by atoms with Crippen LogP contribution in [0.2, 0.25) is 0 Å². The number of nitrogens with zero attached hydrogens (tertiary/aromatic N) is 1. The van der Waals surface area contributed by atoms with E-state index in [-0.39, 0.29) is 5.71 Å². The number of carboxylic acid groups (broad SMARTS) is 1. The Hall–Kier alpha value is -2.86. The summed E-state index contributed by atoms with van der Waals surface area (Å²) in [6, 6.07) is 18.8. The Bertz CT molecular complexity index is 571. The molecule has 110 valence electrons. The molecular formula is C15H18N4O2. The molecule has 0 unspecified atom stereocenters. The summed E-state index contributed by atoms with van der Waals surface area (Å²) in [4.78, 5) is 10.3. The highest BCUT2D eigenvalue weighted by Gasteiger charge is 1.99. The van der Waals surface area contributed by atoms with Gasteiger partial charge in [-0.2, -0.15) is 5.10 Å². The summed E-state index contributed by atoms with van der Waals surface area (Å²) in [7, 11) is 0. The third-order valence-electron chi connectivity index (χ3n) is 2.38. The van der Waals surface area contributed by atoms with Crippen LogP contribution in [0.4, 0.5) is 11.4 Å². The number of aliphatic carboxylic acids is 1. The lowest BCUT2D eigenvalue weighted by Gasteiger charge is -1.98. The van der Waals surface area contributed by atoms with E-state index < -0.39 is 5.97 Å². The molecule has 5 N–H and O–H groups in total. The van der Waals surface area contributed by atoms with Gasteiger partial charge in [0.15, 0.2) is 0 Å². The van der Waals surface area contributed by atoms with Crippen molar-refractivity contribution in [2.24, 2.45) is 10.9 Å². The smallest absolute Gasteiger partial charge is 0.351 e. The van der Waals surface area contributed by atoms with Gasteiger partial charge in [-0.15, -0.1) is 0 Å². The number of nitrogens with two attached hydrogens (primary N) is 1. The van der Waals surface area contributed by atoms with Crippen molar-refractivity contribution in [3.63, 3.8) is 0 Å². The first-order valence-electron chi connectivity index (χ1n) is 6.23. The van der Waals surface area contributed by atoms with Gasteiger partial charge in [-0.3, -0.25) is 11.3 Å². The maximum absolute atomic E-state index is 10.3. The Kier molecular flexibility index (Phi) is 7.02. The number of hydrogen-bond acceptors (Lipinski definition) is 5.